The van der Waals surface area contributed by atoms with Crippen molar-refractivity contribution in [3.05, 3.63) is 29.0 Å². The Morgan fingerprint density at radius 2 is 2.00 bits per heavy atom. The van der Waals surface area contributed by atoms with Crippen molar-refractivity contribution >= 4 is 17.1 Å². The van der Waals surface area contributed by atoms with Crippen molar-refractivity contribution in [1.82, 2.24) is 15.0 Å². The molecule has 0 N–H and O–H groups in total. The number of Topliss-reactive ketones (excluding diaryl/α,β-unsaturated/α-hetero) is 1. The SMILES string of the molecule is CC(=O)c1sc(-c2ncccn2)nc1C. The number of rotatable bonds is 2. The highest BCUT2D eigenvalue weighted by molar-refractivity contribution is 7.17. The van der Waals surface area contributed by atoms with Gasteiger partial charge in [-0.2, -0.15) is 0 Å². The molecule has 5 heteroatoms. The number of hydrogen-bond acceptors (Lipinski definition) is 5. The van der Waals surface area contributed by atoms with E-state index in [1.54, 1.807) is 18.5 Å². The molecule has 0 bridgehead atoms. The number of carbonyl (C=O) groups excluding carboxylic acids is 1. The van der Waals surface area contributed by atoms with E-state index in [9.17, 15) is 4.79 Å². The van der Waals surface area contributed by atoms with E-state index in [1.807, 2.05) is 6.92 Å². The second-order valence-electron chi connectivity index (χ2n) is 3.06. The normalized spacial score (nSPS) is 10.3. The second-order valence-corrected chi connectivity index (χ2v) is 4.06. The molecule has 0 unspecified atom stereocenters. The Morgan fingerprint density at radius 1 is 1.33 bits per heavy atom. The van der Waals surface area contributed by atoms with Crippen molar-refractivity contribution in [3.63, 3.8) is 0 Å². The number of thiazole rings is 1. The number of carbonyl (C=O) groups is 1. The van der Waals surface area contributed by atoms with Gasteiger partial charge in [0.25, 0.3) is 0 Å². The number of nitrogens with zero attached hydrogens (tertiary/aromatic N) is 3. The quantitative estimate of drug-likeness (QED) is 0.726. The van der Waals surface area contributed by atoms with Gasteiger partial charge in [-0.15, -0.1) is 11.3 Å². The highest BCUT2D eigenvalue weighted by Crippen LogP contribution is 2.25. The molecule has 2 heterocycles. The first-order chi connectivity index (χ1) is 7.18. The average molecular weight is 219 g/mol. The molecule has 76 valence electrons. The summed E-state index contributed by atoms with van der Waals surface area (Å²) in [6.07, 6.45) is 3.32. The third-order valence-corrected chi connectivity index (χ3v) is 3.13. The molecule has 0 radical (unpaired) electrons. The van der Waals surface area contributed by atoms with E-state index in [4.69, 9.17) is 0 Å². The van der Waals surface area contributed by atoms with Crippen LogP contribution >= 0.6 is 11.3 Å². The van der Waals surface area contributed by atoms with Crippen LogP contribution in [-0.2, 0) is 0 Å². The van der Waals surface area contributed by atoms with E-state index in [1.165, 1.54) is 18.3 Å². The monoisotopic (exact) mass is 219 g/mol. The molecule has 0 saturated heterocycles. The van der Waals surface area contributed by atoms with Crippen LogP contribution in [0.15, 0.2) is 18.5 Å². The molecule has 0 aromatic carbocycles. The van der Waals surface area contributed by atoms with Gasteiger partial charge in [-0.25, -0.2) is 15.0 Å². The summed E-state index contributed by atoms with van der Waals surface area (Å²) in [5.74, 6) is 0.602. The lowest BCUT2D eigenvalue weighted by Crippen LogP contribution is -1.89. The van der Waals surface area contributed by atoms with Gasteiger partial charge in [0.2, 0.25) is 0 Å². The minimum Gasteiger partial charge on any atom is -0.294 e. The predicted molar refractivity (Wildman–Crippen MR) is 57.9 cm³/mol. The Morgan fingerprint density at radius 3 is 2.53 bits per heavy atom. The number of hydrogen-bond donors (Lipinski definition) is 0. The molecular weight excluding hydrogens is 210 g/mol. The highest BCUT2D eigenvalue weighted by atomic mass is 32.1. The Balaban J connectivity index is 2.48. The van der Waals surface area contributed by atoms with E-state index in [0.717, 1.165) is 5.69 Å². The fraction of sp³-hybridized carbons (Fsp3) is 0.200. The molecule has 0 aliphatic rings. The Labute approximate surface area is 91.0 Å². The van der Waals surface area contributed by atoms with Gasteiger partial charge in [-0.05, 0) is 13.0 Å². The third-order valence-electron chi connectivity index (χ3n) is 1.87. The summed E-state index contributed by atoms with van der Waals surface area (Å²) in [7, 11) is 0. The molecule has 0 atom stereocenters. The molecule has 0 saturated carbocycles. The number of ketones is 1. The van der Waals surface area contributed by atoms with Gasteiger partial charge >= 0.3 is 0 Å². The van der Waals surface area contributed by atoms with E-state index < -0.39 is 0 Å². The van der Waals surface area contributed by atoms with Crippen molar-refractivity contribution in [3.8, 4) is 10.8 Å². The first-order valence-corrected chi connectivity index (χ1v) is 5.26. The van der Waals surface area contributed by atoms with Crippen LogP contribution in [0.5, 0.6) is 0 Å². The van der Waals surface area contributed by atoms with Crippen LogP contribution in [0.25, 0.3) is 10.8 Å². The van der Waals surface area contributed by atoms with Crippen molar-refractivity contribution in [1.29, 1.82) is 0 Å². The maximum absolute atomic E-state index is 11.2. The van der Waals surface area contributed by atoms with Gasteiger partial charge < -0.3 is 0 Å². The van der Waals surface area contributed by atoms with Crippen molar-refractivity contribution in [2.45, 2.75) is 13.8 Å². The summed E-state index contributed by atoms with van der Waals surface area (Å²) in [5, 5.41) is 0.693. The van der Waals surface area contributed by atoms with Crippen LogP contribution in [0.3, 0.4) is 0 Å². The van der Waals surface area contributed by atoms with Crippen LogP contribution in [0, 0.1) is 6.92 Å². The fourth-order valence-electron chi connectivity index (χ4n) is 1.23. The molecule has 0 aliphatic carbocycles. The smallest absolute Gasteiger partial charge is 0.188 e. The summed E-state index contributed by atoms with van der Waals surface area (Å²) in [6, 6.07) is 1.75. The van der Waals surface area contributed by atoms with Crippen LogP contribution in [0.1, 0.15) is 22.3 Å². The predicted octanol–water partition coefficient (Wildman–Crippen LogP) is 2.11. The Hall–Kier alpha value is -1.62. The van der Waals surface area contributed by atoms with Gasteiger partial charge in [0, 0.05) is 19.3 Å². The molecule has 0 fully saturated rings. The molecule has 15 heavy (non-hydrogen) atoms. The largest absolute Gasteiger partial charge is 0.294 e. The lowest BCUT2D eigenvalue weighted by molar-refractivity contribution is 0.102. The van der Waals surface area contributed by atoms with Crippen molar-refractivity contribution in [2.75, 3.05) is 0 Å². The van der Waals surface area contributed by atoms with E-state index in [0.29, 0.717) is 15.7 Å². The Kier molecular flexibility index (Phi) is 2.55. The van der Waals surface area contributed by atoms with Crippen LogP contribution in [0.4, 0.5) is 0 Å². The molecule has 2 rings (SSSR count). The van der Waals surface area contributed by atoms with Gasteiger partial charge in [0.05, 0.1) is 10.6 Å². The minimum absolute atomic E-state index is 0.0344. The van der Waals surface area contributed by atoms with Crippen molar-refractivity contribution in [2.24, 2.45) is 0 Å². The fourth-order valence-corrected chi connectivity index (χ4v) is 2.14. The molecule has 4 nitrogen and oxygen atoms in total. The topological polar surface area (TPSA) is 55.7 Å². The van der Waals surface area contributed by atoms with Crippen LogP contribution < -0.4 is 0 Å². The molecule has 0 spiro atoms. The lowest BCUT2D eigenvalue weighted by atomic mass is 10.3. The zero-order valence-electron chi connectivity index (χ0n) is 8.39. The standard InChI is InChI=1S/C10H9N3OS/c1-6-8(7(2)14)15-10(13-6)9-11-4-3-5-12-9/h3-5H,1-2H3. The van der Waals surface area contributed by atoms with Crippen LogP contribution in [-0.4, -0.2) is 20.7 Å². The maximum atomic E-state index is 11.2. The average Bonchev–Trinajstić information content (AvgIpc) is 2.62. The third kappa shape index (κ3) is 1.92. The summed E-state index contributed by atoms with van der Waals surface area (Å²) in [6.45, 7) is 3.36. The summed E-state index contributed by atoms with van der Waals surface area (Å²) in [4.78, 5) is 24.4. The zero-order chi connectivity index (χ0) is 10.8. The second kappa shape index (κ2) is 3.86. The summed E-state index contributed by atoms with van der Waals surface area (Å²) >= 11 is 1.34. The first-order valence-electron chi connectivity index (χ1n) is 4.44. The van der Waals surface area contributed by atoms with Gasteiger partial charge in [0.1, 0.15) is 0 Å². The maximum Gasteiger partial charge on any atom is 0.188 e. The minimum atomic E-state index is 0.0344. The highest BCUT2D eigenvalue weighted by Gasteiger charge is 2.13. The molecule has 0 aliphatic heterocycles. The van der Waals surface area contributed by atoms with Gasteiger partial charge in [-0.3, -0.25) is 4.79 Å². The molecule has 2 aromatic heterocycles. The summed E-state index contributed by atoms with van der Waals surface area (Å²) < 4.78 is 0. The number of aromatic nitrogens is 3. The van der Waals surface area contributed by atoms with Crippen molar-refractivity contribution < 1.29 is 4.79 Å². The summed E-state index contributed by atoms with van der Waals surface area (Å²) in [5.41, 5.74) is 0.745. The molecule has 2 aromatic rings. The molecule has 0 amide bonds. The van der Waals surface area contributed by atoms with E-state index >= 15 is 0 Å². The molecular formula is C10H9N3OS. The van der Waals surface area contributed by atoms with Gasteiger partial charge in [0.15, 0.2) is 16.6 Å². The van der Waals surface area contributed by atoms with E-state index in [2.05, 4.69) is 15.0 Å². The van der Waals surface area contributed by atoms with Crippen LogP contribution in [0.2, 0.25) is 0 Å². The zero-order valence-corrected chi connectivity index (χ0v) is 9.21. The van der Waals surface area contributed by atoms with Gasteiger partial charge in [-0.1, -0.05) is 0 Å². The van der Waals surface area contributed by atoms with E-state index in [-0.39, 0.29) is 5.78 Å². The Bertz CT molecular complexity index is 493. The number of aryl methyl sites for hydroxylation is 1. The first kappa shape index (κ1) is 9.92. The lowest BCUT2D eigenvalue weighted by Gasteiger charge is -1.90.